The Labute approximate surface area is 169 Å². The van der Waals surface area contributed by atoms with Crippen molar-refractivity contribution in [3.05, 3.63) is 18.2 Å². The first-order valence-electron chi connectivity index (χ1n) is 10.8. The van der Waals surface area contributed by atoms with Crippen LogP contribution < -0.4 is 5.32 Å². The molecule has 0 aromatic carbocycles. The van der Waals surface area contributed by atoms with Crippen molar-refractivity contribution in [2.45, 2.75) is 71.2 Å². The molecule has 7 nitrogen and oxygen atoms in total. The molecule has 2 saturated heterocycles. The molecule has 0 amide bonds. The summed E-state index contributed by atoms with van der Waals surface area (Å²) in [4.78, 5) is 11.3. The van der Waals surface area contributed by atoms with Gasteiger partial charge in [0.05, 0.1) is 25.4 Å². The quantitative estimate of drug-likeness (QED) is 0.572. The number of aliphatic imine (C=N–C) groups is 1. The van der Waals surface area contributed by atoms with Crippen LogP contribution in [-0.2, 0) is 22.6 Å². The molecule has 2 aliphatic heterocycles. The number of nitrogens with zero attached hydrogens (tertiary/aromatic N) is 4. The maximum atomic E-state index is 6.13. The third-order valence-electron chi connectivity index (χ3n) is 5.51. The van der Waals surface area contributed by atoms with E-state index in [4.69, 9.17) is 9.47 Å². The lowest BCUT2D eigenvalue weighted by Crippen LogP contribution is -2.47. The van der Waals surface area contributed by atoms with Gasteiger partial charge in [0.25, 0.3) is 0 Å². The lowest BCUT2D eigenvalue weighted by Gasteiger charge is -2.35. The predicted octanol–water partition coefficient (Wildman–Crippen LogP) is 2.66. The van der Waals surface area contributed by atoms with Crippen molar-refractivity contribution in [2.75, 3.05) is 33.4 Å². The molecule has 0 saturated carbocycles. The SMILES string of the molecule is CN=C(NCc1nccn1CC(C)C)N1CCC(OCC2CCCCO2)CC1. The van der Waals surface area contributed by atoms with Crippen LogP contribution in [0.5, 0.6) is 0 Å². The van der Waals surface area contributed by atoms with E-state index < -0.39 is 0 Å². The van der Waals surface area contributed by atoms with Gasteiger partial charge < -0.3 is 24.3 Å². The second-order valence-electron chi connectivity index (χ2n) is 8.30. The van der Waals surface area contributed by atoms with Crippen molar-refractivity contribution in [1.82, 2.24) is 19.8 Å². The normalized spacial score (nSPS) is 22.1. The van der Waals surface area contributed by atoms with Gasteiger partial charge in [-0.05, 0) is 38.0 Å². The van der Waals surface area contributed by atoms with Gasteiger partial charge in [0.2, 0.25) is 0 Å². The molecule has 3 rings (SSSR count). The molecule has 1 unspecified atom stereocenters. The van der Waals surface area contributed by atoms with Crippen LogP contribution in [0.1, 0.15) is 51.8 Å². The van der Waals surface area contributed by atoms with Crippen LogP contribution in [-0.4, -0.2) is 66.0 Å². The molecule has 0 radical (unpaired) electrons. The summed E-state index contributed by atoms with van der Waals surface area (Å²) in [7, 11) is 1.85. The number of guanidine groups is 1. The fourth-order valence-corrected chi connectivity index (χ4v) is 3.97. The van der Waals surface area contributed by atoms with E-state index in [2.05, 4.69) is 44.8 Å². The van der Waals surface area contributed by atoms with E-state index in [9.17, 15) is 0 Å². The Hall–Kier alpha value is -1.60. The molecule has 2 fully saturated rings. The van der Waals surface area contributed by atoms with E-state index in [0.717, 1.165) is 63.9 Å². The summed E-state index contributed by atoms with van der Waals surface area (Å²) in [6, 6.07) is 0. The minimum absolute atomic E-state index is 0.302. The summed E-state index contributed by atoms with van der Waals surface area (Å²) in [6.45, 7) is 9.71. The molecule has 158 valence electrons. The topological polar surface area (TPSA) is 63.9 Å². The Morgan fingerprint density at radius 1 is 1.32 bits per heavy atom. The third kappa shape index (κ3) is 6.21. The number of imidazole rings is 1. The highest BCUT2D eigenvalue weighted by Gasteiger charge is 2.24. The molecule has 1 N–H and O–H groups in total. The fraction of sp³-hybridized carbons (Fsp3) is 0.810. The highest BCUT2D eigenvalue weighted by atomic mass is 16.5. The smallest absolute Gasteiger partial charge is 0.194 e. The van der Waals surface area contributed by atoms with E-state index in [1.165, 1.54) is 12.8 Å². The van der Waals surface area contributed by atoms with E-state index in [1.54, 1.807) is 0 Å². The van der Waals surface area contributed by atoms with Crippen LogP contribution in [0.25, 0.3) is 0 Å². The van der Waals surface area contributed by atoms with Gasteiger partial charge in [-0.1, -0.05) is 13.8 Å². The van der Waals surface area contributed by atoms with Gasteiger partial charge in [0.15, 0.2) is 5.96 Å². The van der Waals surface area contributed by atoms with Crippen molar-refractivity contribution >= 4 is 5.96 Å². The Morgan fingerprint density at radius 3 is 2.82 bits per heavy atom. The molecule has 28 heavy (non-hydrogen) atoms. The third-order valence-corrected chi connectivity index (χ3v) is 5.51. The van der Waals surface area contributed by atoms with Crippen LogP contribution in [0.3, 0.4) is 0 Å². The molecule has 1 aromatic rings. The van der Waals surface area contributed by atoms with Crippen molar-refractivity contribution < 1.29 is 9.47 Å². The number of hydrogen-bond acceptors (Lipinski definition) is 4. The summed E-state index contributed by atoms with van der Waals surface area (Å²) < 4.78 is 14.1. The van der Waals surface area contributed by atoms with E-state index >= 15 is 0 Å². The Morgan fingerprint density at radius 2 is 2.14 bits per heavy atom. The molecule has 7 heteroatoms. The van der Waals surface area contributed by atoms with E-state index in [1.807, 2.05) is 13.2 Å². The van der Waals surface area contributed by atoms with Crippen LogP contribution in [0, 0.1) is 5.92 Å². The van der Waals surface area contributed by atoms with Crippen LogP contribution in [0.4, 0.5) is 0 Å². The summed E-state index contributed by atoms with van der Waals surface area (Å²) in [5, 5.41) is 3.49. The second kappa shape index (κ2) is 10.8. The monoisotopic (exact) mass is 391 g/mol. The lowest BCUT2D eigenvalue weighted by atomic mass is 10.1. The molecule has 0 bridgehead atoms. The van der Waals surface area contributed by atoms with Crippen LogP contribution in [0.2, 0.25) is 0 Å². The first kappa shape index (κ1) is 21.1. The molecule has 0 aliphatic carbocycles. The summed E-state index contributed by atoms with van der Waals surface area (Å²) in [5.41, 5.74) is 0. The summed E-state index contributed by atoms with van der Waals surface area (Å²) in [6.07, 6.45) is 10.2. The van der Waals surface area contributed by atoms with Gasteiger partial charge in [0.1, 0.15) is 5.82 Å². The molecule has 1 aromatic heterocycles. The van der Waals surface area contributed by atoms with Gasteiger partial charge in [-0.3, -0.25) is 4.99 Å². The number of piperidine rings is 1. The highest BCUT2D eigenvalue weighted by Crippen LogP contribution is 2.18. The second-order valence-corrected chi connectivity index (χ2v) is 8.30. The molecule has 0 spiro atoms. The van der Waals surface area contributed by atoms with E-state index in [-0.39, 0.29) is 0 Å². The number of nitrogens with one attached hydrogen (secondary N) is 1. The van der Waals surface area contributed by atoms with Gasteiger partial charge in [0, 0.05) is 45.7 Å². The standard InChI is InChI=1S/C21H37N5O2/c1-17(2)15-26-12-9-23-20(26)14-24-21(22-3)25-10-7-18(8-11-25)28-16-19-6-4-5-13-27-19/h9,12,17-19H,4-8,10-11,13-16H2,1-3H3,(H,22,24). The predicted molar refractivity (Wildman–Crippen MR) is 111 cm³/mol. The van der Waals surface area contributed by atoms with Gasteiger partial charge in [-0.15, -0.1) is 0 Å². The lowest BCUT2D eigenvalue weighted by molar-refractivity contribution is -0.0721. The maximum absolute atomic E-state index is 6.13. The van der Waals surface area contributed by atoms with Crippen molar-refractivity contribution in [3.63, 3.8) is 0 Å². The van der Waals surface area contributed by atoms with Crippen molar-refractivity contribution in [3.8, 4) is 0 Å². The highest BCUT2D eigenvalue weighted by molar-refractivity contribution is 5.79. The zero-order valence-corrected chi connectivity index (χ0v) is 17.8. The maximum Gasteiger partial charge on any atom is 0.194 e. The zero-order chi connectivity index (χ0) is 19.8. The number of aromatic nitrogens is 2. The zero-order valence-electron chi connectivity index (χ0n) is 17.8. The summed E-state index contributed by atoms with van der Waals surface area (Å²) >= 11 is 0. The minimum atomic E-state index is 0.302. The number of rotatable bonds is 7. The van der Waals surface area contributed by atoms with Gasteiger partial charge in [-0.25, -0.2) is 4.98 Å². The molecule has 3 heterocycles. The number of hydrogen-bond donors (Lipinski definition) is 1. The molecular weight excluding hydrogens is 354 g/mol. The van der Waals surface area contributed by atoms with Crippen LogP contribution >= 0.6 is 0 Å². The van der Waals surface area contributed by atoms with Crippen molar-refractivity contribution in [1.29, 1.82) is 0 Å². The minimum Gasteiger partial charge on any atom is -0.376 e. The van der Waals surface area contributed by atoms with Gasteiger partial charge in [-0.2, -0.15) is 0 Å². The average molecular weight is 392 g/mol. The average Bonchev–Trinajstić information content (AvgIpc) is 3.15. The Bertz CT molecular complexity index is 602. The number of ether oxygens (including phenoxy) is 2. The largest absolute Gasteiger partial charge is 0.376 e. The Balaban J connectivity index is 1.40. The first-order valence-corrected chi connectivity index (χ1v) is 10.8. The number of likely N-dealkylation sites (tertiary alicyclic amines) is 1. The molecule has 2 aliphatic rings. The van der Waals surface area contributed by atoms with Crippen LogP contribution in [0.15, 0.2) is 17.4 Å². The fourth-order valence-electron chi connectivity index (χ4n) is 3.97. The molecule has 1 atom stereocenters. The first-order chi connectivity index (χ1) is 13.7. The van der Waals surface area contributed by atoms with Crippen molar-refractivity contribution in [2.24, 2.45) is 10.9 Å². The summed E-state index contributed by atoms with van der Waals surface area (Å²) in [5.74, 6) is 2.61. The van der Waals surface area contributed by atoms with Gasteiger partial charge >= 0.3 is 0 Å². The molecular formula is C21H37N5O2. The Kier molecular flexibility index (Phi) is 8.15. The van der Waals surface area contributed by atoms with E-state index in [0.29, 0.717) is 24.7 Å².